The third-order valence-corrected chi connectivity index (χ3v) is 2.72. The molecule has 2 rings (SSSR count). The van der Waals surface area contributed by atoms with E-state index < -0.39 is 0 Å². The molecule has 2 heteroatoms. The van der Waals surface area contributed by atoms with Crippen molar-refractivity contribution in [1.82, 2.24) is 4.90 Å². The minimum absolute atomic E-state index is 0.823. The van der Waals surface area contributed by atoms with Crippen LogP contribution in [0.15, 0.2) is 36.4 Å². The molecule has 78 valence electrons. The summed E-state index contributed by atoms with van der Waals surface area (Å²) < 4.78 is 0. The standard InChI is InChI=1S/C13H14ClN/c1-15(2)9-10-6-7-12-11(8-10)4-3-5-13(12)14/h3-8H,9H2,1-2H3. The lowest BCUT2D eigenvalue weighted by Crippen LogP contribution is -2.10. The lowest BCUT2D eigenvalue weighted by atomic mass is 10.1. The summed E-state index contributed by atoms with van der Waals surface area (Å²) in [7, 11) is 4.14. The molecule has 0 aromatic heterocycles. The van der Waals surface area contributed by atoms with E-state index in [1.54, 1.807) is 0 Å². The number of halogens is 1. The van der Waals surface area contributed by atoms with Crippen LogP contribution in [0.1, 0.15) is 5.56 Å². The van der Waals surface area contributed by atoms with E-state index in [-0.39, 0.29) is 0 Å². The molecule has 0 aliphatic heterocycles. The van der Waals surface area contributed by atoms with Gasteiger partial charge in [0, 0.05) is 17.0 Å². The van der Waals surface area contributed by atoms with Gasteiger partial charge in [-0.1, -0.05) is 35.9 Å². The zero-order chi connectivity index (χ0) is 10.8. The Morgan fingerprint density at radius 1 is 1.13 bits per heavy atom. The van der Waals surface area contributed by atoms with Crippen LogP contribution in [0, 0.1) is 0 Å². The molecule has 0 spiro atoms. The summed E-state index contributed by atoms with van der Waals surface area (Å²) in [6, 6.07) is 12.4. The molecule has 0 saturated heterocycles. The second kappa shape index (κ2) is 4.21. The average molecular weight is 220 g/mol. The van der Waals surface area contributed by atoms with Crippen molar-refractivity contribution in [2.45, 2.75) is 6.54 Å². The van der Waals surface area contributed by atoms with E-state index in [1.165, 1.54) is 10.9 Å². The van der Waals surface area contributed by atoms with Crippen LogP contribution in [0.25, 0.3) is 10.8 Å². The minimum atomic E-state index is 0.823. The van der Waals surface area contributed by atoms with Gasteiger partial charge in [0.25, 0.3) is 0 Å². The molecule has 1 nitrogen and oxygen atoms in total. The van der Waals surface area contributed by atoms with E-state index in [1.807, 2.05) is 12.1 Å². The number of rotatable bonds is 2. The molecule has 0 N–H and O–H groups in total. The van der Waals surface area contributed by atoms with Crippen LogP contribution in [0.3, 0.4) is 0 Å². The number of nitrogens with zero attached hydrogens (tertiary/aromatic N) is 1. The van der Waals surface area contributed by atoms with Gasteiger partial charge in [0.05, 0.1) is 0 Å². The van der Waals surface area contributed by atoms with E-state index in [4.69, 9.17) is 11.6 Å². The van der Waals surface area contributed by atoms with Crippen LogP contribution in [-0.4, -0.2) is 19.0 Å². The third kappa shape index (κ3) is 2.31. The molecular weight excluding hydrogens is 206 g/mol. The Labute approximate surface area is 95.3 Å². The molecular formula is C13H14ClN. The second-order valence-electron chi connectivity index (χ2n) is 4.03. The van der Waals surface area contributed by atoms with Gasteiger partial charge < -0.3 is 4.90 Å². The van der Waals surface area contributed by atoms with Crippen molar-refractivity contribution in [3.05, 3.63) is 47.0 Å². The predicted molar refractivity (Wildman–Crippen MR) is 66.3 cm³/mol. The highest BCUT2D eigenvalue weighted by molar-refractivity contribution is 6.35. The smallest absolute Gasteiger partial charge is 0.0484 e. The molecule has 0 saturated carbocycles. The molecule has 0 fully saturated rings. The Morgan fingerprint density at radius 2 is 1.93 bits per heavy atom. The SMILES string of the molecule is CN(C)Cc1ccc2c(Cl)cccc2c1. The zero-order valence-corrected chi connectivity index (χ0v) is 9.75. The van der Waals surface area contributed by atoms with Gasteiger partial charge in [-0.25, -0.2) is 0 Å². The summed E-state index contributed by atoms with van der Waals surface area (Å²) >= 11 is 6.10. The predicted octanol–water partition coefficient (Wildman–Crippen LogP) is 3.55. The summed E-state index contributed by atoms with van der Waals surface area (Å²) in [6.07, 6.45) is 0. The van der Waals surface area contributed by atoms with E-state index in [2.05, 4.69) is 43.3 Å². The zero-order valence-electron chi connectivity index (χ0n) is 9.00. The summed E-state index contributed by atoms with van der Waals surface area (Å²) in [5, 5.41) is 3.16. The molecule has 0 radical (unpaired) electrons. The van der Waals surface area contributed by atoms with Crippen LogP contribution in [0.2, 0.25) is 5.02 Å². The van der Waals surface area contributed by atoms with Gasteiger partial charge in [-0.15, -0.1) is 0 Å². The van der Waals surface area contributed by atoms with Gasteiger partial charge in [0.15, 0.2) is 0 Å². The number of hydrogen-bond donors (Lipinski definition) is 0. The molecule has 0 heterocycles. The minimum Gasteiger partial charge on any atom is -0.305 e. The topological polar surface area (TPSA) is 3.24 Å². The molecule has 2 aromatic carbocycles. The first-order valence-corrected chi connectivity index (χ1v) is 5.36. The van der Waals surface area contributed by atoms with Crippen molar-refractivity contribution < 1.29 is 0 Å². The van der Waals surface area contributed by atoms with Gasteiger partial charge >= 0.3 is 0 Å². The van der Waals surface area contributed by atoms with Crippen molar-refractivity contribution in [2.24, 2.45) is 0 Å². The van der Waals surface area contributed by atoms with Crippen molar-refractivity contribution in [2.75, 3.05) is 14.1 Å². The Hall–Kier alpha value is -1.05. The van der Waals surface area contributed by atoms with E-state index in [0.717, 1.165) is 17.0 Å². The fourth-order valence-corrected chi connectivity index (χ4v) is 2.00. The largest absolute Gasteiger partial charge is 0.305 e. The van der Waals surface area contributed by atoms with Crippen LogP contribution in [0.5, 0.6) is 0 Å². The highest BCUT2D eigenvalue weighted by Crippen LogP contribution is 2.24. The first kappa shape index (κ1) is 10.5. The molecule has 2 aromatic rings. The normalized spacial score (nSPS) is 11.2. The van der Waals surface area contributed by atoms with Crippen LogP contribution < -0.4 is 0 Å². The molecule has 0 unspecified atom stereocenters. The van der Waals surface area contributed by atoms with E-state index >= 15 is 0 Å². The van der Waals surface area contributed by atoms with Crippen molar-refractivity contribution in [3.63, 3.8) is 0 Å². The van der Waals surface area contributed by atoms with Crippen molar-refractivity contribution >= 4 is 22.4 Å². The second-order valence-corrected chi connectivity index (χ2v) is 4.44. The number of benzene rings is 2. The molecule has 0 bridgehead atoms. The van der Waals surface area contributed by atoms with Gasteiger partial charge in [-0.3, -0.25) is 0 Å². The quantitative estimate of drug-likeness (QED) is 0.747. The maximum absolute atomic E-state index is 6.10. The number of hydrogen-bond acceptors (Lipinski definition) is 1. The monoisotopic (exact) mass is 219 g/mol. The molecule has 0 aliphatic rings. The Bertz CT molecular complexity index is 477. The summed E-state index contributed by atoms with van der Waals surface area (Å²) in [5.74, 6) is 0. The van der Waals surface area contributed by atoms with E-state index in [9.17, 15) is 0 Å². The van der Waals surface area contributed by atoms with Crippen molar-refractivity contribution in [1.29, 1.82) is 0 Å². The molecule has 15 heavy (non-hydrogen) atoms. The van der Waals surface area contributed by atoms with Crippen LogP contribution in [0.4, 0.5) is 0 Å². The van der Waals surface area contributed by atoms with Gasteiger partial charge in [-0.2, -0.15) is 0 Å². The first-order chi connectivity index (χ1) is 7.16. The first-order valence-electron chi connectivity index (χ1n) is 4.99. The van der Waals surface area contributed by atoms with Gasteiger partial charge in [0.1, 0.15) is 0 Å². The molecule has 0 atom stereocenters. The Balaban J connectivity index is 2.48. The number of fused-ring (bicyclic) bond motifs is 1. The Morgan fingerprint density at radius 3 is 2.67 bits per heavy atom. The van der Waals surface area contributed by atoms with Crippen LogP contribution in [-0.2, 0) is 6.54 Å². The summed E-state index contributed by atoms with van der Waals surface area (Å²) in [4.78, 5) is 2.16. The fourth-order valence-electron chi connectivity index (χ4n) is 1.76. The lowest BCUT2D eigenvalue weighted by molar-refractivity contribution is 0.403. The highest BCUT2D eigenvalue weighted by Gasteiger charge is 2.00. The summed E-state index contributed by atoms with van der Waals surface area (Å²) in [5.41, 5.74) is 1.31. The van der Waals surface area contributed by atoms with Gasteiger partial charge in [0.2, 0.25) is 0 Å². The lowest BCUT2D eigenvalue weighted by Gasteiger charge is -2.10. The maximum Gasteiger partial charge on any atom is 0.0484 e. The summed E-state index contributed by atoms with van der Waals surface area (Å²) in [6.45, 7) is 0.961. The van der Waals surface area contributed by atoms with Crippen molar-refractivity contribution in [3.8, 4) is 0 Å². The third-order valence-electron chi connectivity index (χ3n) is 2.39. The fraction of sp³-hybridized carbons (Fsp3) is 0.231. The van der Waals surface area contributed by atoms with Gasteiger partial charge in [-0.05, 0) is 37.2 Å². The highest BCUT2D eigenvalue weighted by atomic mass is 35.5. The maximum atomic E-state index is 6.10. The average Bonchev–Trinajstić information content (AvgIpc) is 2.17. The van der Waals surface area contributed by atoms with E-state index in [0.29, 0.717) is 0 Å². The molecule has 0 amide bonds. The Kier molecular flexibility index (Phi) is 2.94. The van der Waals surface area contributed by atoms with Crippen LogP contribution >= 0.6 is 11.6 Å². The molecule has 0 aliphatic carbocycles.